The molecule has 5 nitrogen and oxygen atoms in total. The number of ether oxygens (including phenoxy) is 2. The zero-order valence-electron chi connectivity index (χ0n) is 13.1. The number of aromatic nitrogens is 1. The lowest BCUT2D eigenvalue weighted by molar-refractivity contribution is 0.102. The monoisotopic (exact) mass is 414 g/mol. The van der Waals surface area contributed by atoms with Crippen LogP contribution in [0.2, 0.25) is 8.67 Å². The van der Waals surface area contributed by atoms with Crippen molar-refractivity contribution in [1.82, 2.24) is 4.98 Å². The molecule has 0 aliphatic heterocycles. The maximum atomic E-state index is 12.6. The summed E-state index contributed by atoms with van der Waals surface area (Å²) in [6.45, 7) is 0. The maximum absolute atomic E-state index is 12.6. The van der Waals surface area contributed by atoms with E-state index >= 15 is 0 Å². The molecule has 1 amide bonds. The smallest absolute Gasteiger partial charge is 0.261 e. The van der Waals surface area contributed by atoms with Crippen molar-refractivity contribution in [3.8, 4) is 22.8 Å². The van der Waals surface area contributed by atoms with Gasteiger partial charge in [-0.25, -0.2) is 4.98 Å². The summed E-state index contributed by atoms with van der Waals surface area (Å²) in [6, 6.07) is 6.84. The second-order valence-corrected chi connectivity index (χ2v) is 7.91. The Kier molecular flexibility index (Phi) is 5.48. The van der Waals surface area contributed by atoms with Gasteiger partial charge in [0.1, 0.15) is 4.34 Å². The molecule has 0 fully saturated rings. The van der Waals surface area contributed by atoms with Gasteiger partial charge >= 0.3 is 0 Å². The largest absolute Gasteiger partial charge is 0.493 e. The van der Waals surface area contributed by atoms with E-state index in [4.69, 9.17) is 32.7 Å². The molecule has 3 aromatic rings. The van der Waals surface area contributed by atoms with Gasteiger partial charge in [0.05, 0.1) is 29.8 Å². The third kappa shape index (κ3) is 3.74. The average molecular weight is 415 g/mol. The Bertz CT molecular complexity index is 924. The van der Waals surface area contributed by atoms with Crippen LogP contribution in [0.1, 0.15) is 10.4 Å². The highest BCUT2D eigenvalue weighted by Gasteiger charge is 2.18. The quantitative estimate of drug-likeness (QED) is 0.602. The molecular formula is C16H12Cl2N2O3S2. The van der Waals surface area contributed by atoms with E-state index in [-0.39, 0.29) is 5.91 Å². The van der Waals surface area contributed by atoms with Gasteiger partial charge in [-0.05, 0) is 18.2 Å². The van der Waals surface area contributed by atoms with Crippen LogP contribution in [0.5, 0.6) is 11.5 Å². The van der Waals surface area contributed by atoms with Gasteiger partial charge in [-0.15, -0.1) is 22.7 Å². The average Bonchev–Trinajstić information content (AvgIpc) is 3.19. The van der Waals surface area contributed by atoms with Crippen LogP contribution in [0.4, 0.5) is 5.13 Å². The fourth-order valence-corrected chi connectivity index (χ4v) is 4.39. The molecule has 0 saturated heterocycles. The van der Waals surface area contributed by atoms with Crippen LogP contribution in [0.15, 0.2) is 29.6 Å². The lowest BCUT2D eigenvalue weighted by Crippen LogP contribution is -2.13. The summed E-state index contributed by atoms with van der Waals surface area (Å²) in [6.07, 6.45) is 0. The van der Waals surface area contributed by atoms with Gasteiger partial charge in [-0.3, -0.25) is 10.1 Å². The number of rotatable bonds is 5. The lowest BCUT2D eigenvalue weighted by atomic mass is 10.1. The summed E-state index contributed by atoms with van der Waals surface area (Å²) >= 11 is 14.7. The molecule has 9 heteroatoms. The molecule has 0 aliphatic carbocycles. The van der Waals surface area contributed by atoms with Gasteiger partial charge in [-0.1, -0.05) is 29.3 Å². The number of nitrogens with one attached hydrogen (secondary N) is 1. The standard InChI is InChI=1S/C16H12Cl2N2O3S2/c1-22-11-5-3-4-8(13(11)23-2)15(21)20-16-19-10(7-24-16)9-6-12(17)25-14(9)18/h3-7H,1-2H3,(H,19,20,21). The SMILES string of the molecule is COc1cccc(C(=O)Nc2nc(-c3cc(Cl)sc3Cl)cs2)c1OC. The first kappa shape index (κ1) is 18.0. The van der Waals surface area contributed by atoms with Crippen molar-refractivity contribution in [3.05, 3.63) is 43.9 Å². The molecule has 0 atom stereocenters. The van der Waals surface area contributed by atoms with Crippen LogP contribution in [-0.2, 0) is 0 Å². The van der Waals surface area contributed by atoms with Gasteiger partial charge in [0.15, 0.2) is 16.6 Å². The predicted octanol–water partition coefficient (Wildman–Crippen LogP) is 5.45. The summed E-state index contributed by atoms with van der Waals surface area (Å²) in [7, 11) is 3.00. The number of nitrogens with zero attached hydrogens (tertiary/aromatic N) is 1. The minimum absolute atomic E-state index is 0.342. The highest BCUT2D eigenvalue weighted by atomic mass is 35.5. The van der Waals surface area contributed by atoms with Crippen LogP contribution < -0.4 is 14.8 Å². The van der Waals surface area contributed by atoms with Gasteiger partial charge in [0, 0.05) is 10.9 Å². The van der Waals surface area contributed by atoms with Crippen molar-refractivity contribution in [1.29, 1.82) is 0 Å². The van der Waals surface area contributed by atoms with Gasteiger partial charge in [0.25, 0.3) is 5.91 Å². The molecule has 0 aliphatic rings. The van der Waals surface area contributed by atoms with E-state index in [2.05, 4.69) is 10.3 Å². The van der Waals surface area contributed by atoms with E-state index in [0.29, 0.717) is 36.6 Å². The Morgan fingerprint density at radius 2 is 2.04 bits per heavy atom. The second-order valence-electron chi connectivity index (χ2n) is 4.77. The number of benzene rings is 1. The highest BCUT2D eigenvalue weighted by molar-refractivity contribution is 7.20. The fraction of sp³-hybridized carbons (Fsp3) is 0.125. The molecular weight excluding hydrogens is 403 g/mol. The van der Waals surface area contributed by atoms with Gasteiger partial charge < -0.3 is 9.47 Å². The Labute approximate surface area is 162 Å². The minimum Gasteiger partial charge on any atom is -0.493 e. The molecule has 0 saturated carbocycles. The topological polar surface area (TPSA) is 60.5 Å². The van der Waals surface area contributed by atoms with Crippen LogP contribution >= 0.6 is 45.9 Å². The van der Waals surface area contributed by atoms with Crippen molar-refractivity contribution in [3.63, 3.8) is 0 Å². The third-order valence-electron chi connectivity index (χ3n) is 3.30. The number of carbonyl (C=O) groups is 1. The van der Waals surface area contributed by atoms with Crippen molar-refractivity contribution >= 4 is 56.9 Å². The molecule has 2 heterocycles. The maximum Gasteiger partial charge on any atom is 0.261 e. The van der Waals surface area contributed by atoms with Crippen LogP contribution in [0, 0.1) is 0 Å². The zero-order valence-corrected chi connectivity index (χ0v) is 16.3. The van der Waals surface area contributed by atoms with E-state index in [1.165, 1.54) is 36.9 Å². The summed E-state index contributed by atoms with van der Waals surface area (Å²) in [5.41, 5.74) is 1.76. The van der Waals surface area contributed by atoms with Gasteiger partial charge in [-0.2, -0.15) is 0 Å². The van der Waals surface area contributed by atoms with E-state index in [1.807, 2.05) is 5.38 Å². The number of anilines is 1. The first-order valence-electron chi connectivity index (χ1n) is 6.96. The summed E-state index contributed by atoms with van der Waals surface area (Å²) in [5, 5.41) is 5.02. The van der Waals surface area contributed by atoms with Crippen molar-refractivity contribution < 1.29 is 14.3 Å². The van der Waals surface area contributed by atoms with Crippen LogP contribution in [-0.4, -0.2) is 25.1 Å². The summed E-state index contributed by atoms with van der Waals surface area (Å²) < 4.78 is 11.6. The summed E-state index contributed by atoms with van der Waals surface area (Å²) in [5.74, 6) is 0.507. The predicted molar refractivity (Wildman–Crippen MR) is 103 cm³/mol. The van der Waals surface area contributed by atoms with Crippen molar-refractivity contribution in [2.75, 3.05) is 19.5 Å². The van der Waals surface area contributed by atoms with Crippen molar-refractivity contribution in [2.45, 2.75) is 0 Å². The Morgan fingerprint density at radius 3 is 2.68 bits per heavy atom. The molecule has 0 bridgehead atoms. The fourth-order valence-electron chi connectivity index (χ4n) is 2.20. The first-order chi connectivity index (χ1) is 12.0. The Balaban J connectivity index is 1.84. The first-order valence-corrected chi connectivity index (χ1v) is 9.41. The van der Waals surface area contributed by atoms with Crippen LogP contribution in [0.3, 0.4) is 0 Å². The normalized spacial score (nSPS) is 10.6. The van der Waals surface area contributed by atoms with Crippen molar-refractivity contribution in [2.24, 2.45) is 0 Å². The number of thiazole rings is 1. The number of halogens is 2. The Morgan fingerprint density at radius 1 is 1.24 bits per heavy atom. The number of methoxy groups -OCH3 is 2. The number of amides is 1. The zero-order chi connectivity index (χ0) is 18.0. The molecule has 2 aromatic heterocycles. The van der Waals surface area contributed by atoms with E-state index in [9.17, 15) is 4.79 Å². The lowest BCUT2D eigenvalue weighted by Gasteiger charge is -2.11. The van der Waals surface area contributed by atoms with E-state index in [1.54, 1.807) is 24.3 Å². The number of hydrogen-bond donors (Lipinski definition) is 1. The van der Waals surface area contributed by atoms with E-state index in [0.717, 1.165) is 5.56 Å². The van der Waals surface area contributed by atoms with Gasteiger partial charge in [0.2, 0.25) is 0 Å². The number of hydrogen-bond acceptors (Lipinski definition) is 6. The molecule has 0 radical (unpaired) electrons. The minimum atomic E-state index is -0.342. The molecule has 1 N–H and O–H groups in total. The molecule has 3 rings (SSSR count). The molecule has 0 unspecified atom stereocenters. The second kappa shape index (κ2) is 7.61. The number of thiophene rings is 1. The Hall–Kier alpha value is -1.80. The number of para-hydroxylation sites is 1. The molecule has 1 aromatic carbocycles. The van der Waals surface area contributed by atoms with E-state index < -0.39 is 0 Å². The molecule has 130 valence electrons. The third-order valence-corrected chi connectivity index (χ3v) is 5.55. The number of carbonyl (C=O) groups excluding carboxylic acids is 1. The summed E-state index contributed by atoms with van der Waals surface area (Å²) in [4.78, 5) is 16.9. The molecule has 0 spiro atoms. The molecule has 25 heavy (non-hydrogen) atoms. The highest BCUT2D eigenvalue weighted by Crippen LogP contribution is 2.39. The van der Waals surface area contributed by atoms with Crippen LogP contribution in [0.25, 0.3) is 11.3 Å².